The summed E-state index contributed by atoms with van der Waals surface area (Å²) in [6.45, 7) is 6.71. The first-order valence-electron chi connectivity index (χ1n) is 10.6. The number of halogens is 1. The van der Waals surface area contributed by atoms with Crippen LogP contribution < -0.4 is 20.3 Å². The third-order valence-electron chi connectivity index (χ3n) is 5.14. The maximum atomic E-state index is 13.9. The number of ether oxygens (including phenoxy) is 1. The van der Waals surface area contributed by atoms with Gasteiger partial charge in [-0.2, -0.15) is 0 Å². The van der Waals surface area contributed by atoms with E-state index in [1.807, 2.05) is 13.0 Å². The first kappa shape index (κ1) is 22.6. The highest BCUT2D eigenvalue weighted by Gasteiger charge is 2.19. The topological polar surface area (TPSA) is 73.9 Å². The summed E-state index contributed by atoms with van der Waals surface area (Å²) in [5, 5.41) is 5.25. The Morgan fingerprint density at radius 1 is 1.00 bits per heavy atom. The van der Waals surface area contributed by atoms with Crippen LogP contribution in [0.1, 0.15) is 13.3 Å². The molecule has 0 aromatic heterocycles. The molecule has 2 aromatic rings. The third-order valence-corrected chi connectivity index (χ3v) is 5.14. The van der Waals surface area contributed by atoms with Crippen LogP contribution in [0, 0.1) is 5.82 Å². The van der Waals surface area contributed by atoms with Crippen LogP contribution in [0.2, 0.25) is 0 Å². The van der Waals surface area contributed by atoms with E-state index in [2.05, 4.69) is 20.4 Å². The number of rotatable bonds is 8. The SMILES string of the molecule is CCOc1ccccc1NC(=O)C(=O)NCCCN1CCN(c2ccccc2F)CC1. The molecule has 0 bridgehead atoms. The van der Waals surface area contributed by atoms with Crippen LogP contribution in [0.5, 0.6) is 5.75 Å². The van der Waals surface area contributed by atoms with Gasteiger partial charge in [-0.3, -0.25) is 14.5 Å². The maximum Gasteiger partial charge on any atom is 0.313 e. The van der Waals surface area contributed by atoms with Crippen molar-refractivity contribution in [2.24, 2.45) is 0 Å². The van der Waals surface area contributed by atoms with Gasteiger partial charge in [0.2, 0.25) is 0 Å². The standard InChI is InChI=1S/C23H29FN4O3/c1-2-31-21-11-6-4-9-19(21)26-23(30)22(29)25-12-7-13-27-14-16-28(17-15-27)20-10-5-3-8-18(20)24/h3-6,8-11H,2,7,12-17H2,1H3,(H,25,29)(H,26,30). The fourth-order valence-corrected chi connectivity index (χ4v) is 3.54. The van der Waals surface area contributed by atoms with E-state index in [1.165, 1.54) is 6.07 Å². The molecule has 7 nitrogen and oxygen atoms in total. The molecule has 8 heteroatoms. The van der Waals surface area contributed by atoms with E-state index in [-0.39, 0.29) is 5.82 Å². The molecule has 1 aliphatic heterocycles. The average Bonchev–Trinajstić information content (AvgIpc) is 2.79. The van der Waals surface area contributed by atoms with Crippen molar-refractivity contribution >= 4 is 23.2 Å². The molecule has 3 rings (SSSR count). The van der Waals surface area contributed by atoms with E-state index in [0.29, 0.717) is 30.3 Å². The van der Waals surface area contributed by atoms with Gasteiger partial charge in [0.1, 0.15) is 11.6 Å². The first-order chi connectivity index (χ1) is 15.1. The number of nitrogens with zero attached hydrogens (tertiary/aromatic N) is 2. The van der Waals surface area contributed by atoms with Crippen molar-refractivity contribution in [2.45, 2.75) is 13.3 Å². The van der Waals surface area contributed by atoms with Gasteiger partial charge in [0.25, 0.3) is 0 Å². The Balaban J connectivity index is 1.35. The van der Waals surface area contributed by atoms with Gasteiger partial charge < -0.3 is 20.3 Å². The minimum atomic E-state index is -0.717. The smallest absolute Gasteiger partial charge is 0.313 e. The molecule has 1 saturated heterocycles. The summed E-state index contributed by atoms with van der Waals surface area (Å²) in [5.41, 5.74) is 1.11. The molecular formula is C23H29FN4O3. The Morgan fingerprint density at radius 2 is 1.71 bits per heavy atom. The number of amides is 2. The second-order valence-electron chi connectivity index (χ2n) is 7.27. The zero-order chi connectivity index (χ0) is 22.1. The zero-order valence-corrected chi connectivity index (χ0v) is 17.8. The van der Waals surface area contributed by atoms with E-state index in [1.54, 1.807) is 36.4 Å². The van der Waals surface area contributed by atoms with Crippen LogP contribution in [0.15, 0.2) is 48.5 Å². The largest absolute Gasteiger partial charge is 0.492 e. The van der Waals surface area contributed by atoms with Gasteiger partial charge in [0.05, 0.1) is 18.0 Å². The number of hydrogen-bond donors (Lipinski definition) is 2. The van der Waals surface area contributed by atoms with Crippen molar-refractivity contribution in [3.05, 3.63) is 54.3 Å². The second kappa shape index (κ2) is 11.3. The van der Waals surface area contributed by atoms with E-state index in [0.717, 1.165) is 39.1 Å². The number of hydrogen-bond acceptors (Lipinski definition) is 5. The Hall–Kier alpha value is -3.13. The highest BCUT2D eigenvalue weighted by Crippen LogP contribution is 2.23. The van der Waals surface area contributed by atoms with Gasteiger partial charge in [-0.15, -0.1) is 0 Å². The van der Waals surface area contributed by atoms with Crippen molar-refractivity contribution in [1.82, 2.24) is 10.2 Å². The molecule has 0 saturated carbocycles. The summed E-state index contributed by atoms with van der Waals surface area (Å²) in [6, 6.07) is 13.8. The Morgan fingerprint density at radius 3 is 2.45 bits per heavy atom. The van der Waals surface area contributed by atoms with Crippen molar-refractivity contribution in [1.29, 1.82) is 0 Å². The molecule has 166 valence electrons. The maximum absolute atomic E-state index is 13.9. The van der Waals surface area contributed by atoms with Crippen molar-refractivity contribution in [3.63, 3.8) is 0 Å². The molecule has 2 N–H and O–H groups in total. The van der Waals surface area contributed by atoms with Crippen LogP contribution in [-0.4, -0.2) is 62.6 Å². The number of carbonyl (C=O) groups excluding carboxylic acids is 2. The predicted molar refractivity (Wildman–Crippen MR) is 119 cm³/mol. The minimum absolute atomic E-state index is 0.194. The first-order valence-corrected chi connectivity index (χ1v) is 10.6. The fourth-order valence-electron chi connectivity index (χ4n) is 3.54. The van der Waals surface area contributed by atoms with E-state index >= 15 is 0 Å². The lowest BCUT2D eigenvalue weighted by atomic mass is 10.2. The Labute approximate surface area is 182 Å². The second-order valence-corrected chi connectivity index (χ2v) is 7.27. The molecular weight excluding hydrogens is 399 g/mol. The van der Waals surface area contributed by atoms with Crippen LogP contribution in [0.25, 0.3) is 0 Å². The summed E-state index contributed by atoms with van der Waals surface area (Å²) >= 11 is 0. The minimum Gasteiger partial charge on any atom is -0.492 e. The highest BCUT2D eigenvalue weighted by molar-refractivity contribution is 6.39. The molecule has 2 aromatic carbocycles. The van der Waals surface area contributed by atoms with Gasteiger partial charge in [0, 0.05) is 32.7 Å². The summed E-state index contributed by atoms with van der Waals surface area (Å²) in [7, 11) is 0. The van der Waals surface area contributed by atoms with Gasteiger partial charge >= 0.3 is 11.8 Å². The molecule has 0 atom stereocenters. The number of piperazine rings is 1. The molecule has 0 unspecified atom stereocenters. The molecule has 1 fully saturated rings. The van der Waals surface area contributed by atoms with Crippen molar-refractivity contribution < 1.29 is 18.7 Å². The molecule has 0 radical (unpaired) electrons. The third kappa shape index (κ3) is 6.42. The van der Waals surface area contributed by atoms with Gasteiger partial charge in [0.15, 0.2) is 0 Å². The lowest BCUT2D eigenvalue weighted by Gasteiger charge is -2.36. The van der Waals surface area contributed by atoms with E-state index in [4.69, 9.17) is 4.74 Å². The molecule has 31 heavy (non-hydrogen) atoms. The summed E-state index contributed by atoms with van der Waals surface area (Å²) in [4.78, 5) is 28.6. The van der Waals surface area contributed by atoms with Crippen LogP contribution in [0.4, 0.5) is 15.8 Å². The molecule has 0 spiro atoms. The monoisotopic (exact) mass is 428 g/mol. The number of anilines is 2. The zero-order valence-electron chi connectivity index (χ0n) is 17.8. The molecule has 0 aliphatic carbocycles. The summed E-state index contributed by atoms with van der Waals surface area (Å²) in [6.07, 6.45) is 0.730. The Bertz CT molecular complexity index is 885. The van der Waals surface area contributed by atoms with Gasteiger partial charge in [-0.1, -0.05) is 24.3 Å². The molecule has 2 amide bonds. The molecule has 1 aliphatic rings. The van der Waals surface area contributed by atoms with Crippen molar-refractivity contribution in [2.75, 3.05) is 56.1 Å². The predicted octanol–water partition coefficient (Wildman–Crippen LogP) is 2.49. The van der Waals surface area contributed by atoms with Crippen LogP contribution >= 0.6 is 0 Å². The summed E-state index contributed by atoms with van der Waals surface area (Å²) in [5.74, 6) is -1.05. The highest BCUT2D eigenvalue weighted by atomic mass is 19.1. The average molecular weight is 429 g/mol. The number of para-hydroxylation sites is 3. The molecule has 1 heterocycles. The lowest BCUT2D eigenvalue weighted by molar-refractivity contribution is -0.136. The fraction of sp³-hybridized carbons (Fsp3) is 0.391. The van der Waals surface area contributed by atoms with E-state index < -0.39 is 11.8 Å². The van der Waals surface area contributed by atoms with Crippen LogP contribution in [-0.2, 0) is 9.59 Å². The normalized spacial score (nSPS) is 14.2. The van der Waals surface area contributed by atoms with Gasteiger partial charge in [-0.05, 0) is 44.2 Å². The quantitative estimate of drug-likeness (QED) is 0.499. The van der Waals surface area contributed by atoms with E-state index in [9.17, 15) is 14.0 Å². The number of benzene rings is 2. The summed E-state index contributed by atoms with van der Waals surface area (Å²) < 4.78 is 19.4. The van der Waals surface area contributed by atoms with Crippen LogP contribution in [0.3, 0.4) is 0 Å². The number of nitrogens with one attached hydrogen (secondary N) is 2. The van der Waals surface area contributed by atoms with Crippen molar-refractivity contribution in [3.8, 4) is 5.75 Å². The number of carbonyl (C=O) groups is 2. The van der Waals surface area contributed by atoms with Gasteiger partial charge in [-0.25, -0.2) is 4.39 Å². The lowest BCUT2D eigenvalue weighted by Crippen LogP contribution is -2.47. The Kier molecular flexibility index (Phi) is 8.23.